The lowest BCUT2D eigenvalue weighted by Crippen LogP contribution is -2.14. The monoisotopic (exact) mass is 639 g/mol. The number of hydrogen-bond acceptors (Lipinski definition) is 2. The summed E-state index contributed by atoms with van der Waals surface area (Å²) in [5, 5.41) is 4.83. The molecule has 0 fully saturated rings. The van der Waals surface area contributed by atoms with Gasteiger partial charge in [-0.1, -0.05) is 159 Å². The molecule has 1 aliphatic rings. The highest BCUT2D eigenvalue weighted by molar-refractivity contribution is 6.23. The molecule has 0 aliphatic heterocycles. The van der Waals surface area contributed by atoms with Crippen molar-refractivity contribution in [2.45, 2.75) is 19.3 Å². The van der Waals surface area contributed by atoms with E-state index in [0.29, 0.717) is 5.95 Å². The molecule has 0 amide bonds. The third kappa shape index (κ3) is 4.23. The number of rotatable bonds is 4. The summed E-state index contributed by atoms with van der Waals surface area (Å²) < 4.78 is 2.30. The Morgan fingerprint density at radius 1 is 0.460 bits per heavy atom. The second-order valence-electron chi connectivity index (χ2n) is 13.8. The predicted octanol–water partition coefficient (Wildman–Crippen LogP) is 12.0. The van der Waals surface area contributed by atoms with Crippen LogP contribution in [0.25, 0.3) is 83.3 Å². The molecule has 2 heterocycles. The van der Waals surface area contributed by atoms with E-state index in [2.05, 4.69) is 170 Å². The lowest BCUT2D eigenvalue weighted by Gasteiger charge is -2.22. The largest absolute Gasteiger partial charge is 0.277 e. The average Bonchev–Trinajstić information content (AvgIpc) is 3.64. The maximum Gasteiger partial charge on any atom is 0.235 e. The summed E-state index contributed by atoms with van der Waals surface area (Å²) in [6.45, 7) is 4.69. The van der Waals surface area contributed by atoms with Gasteiger partial charge < -0.3 is 0 Å². The third-order valence-corrected chi connectivity index (χ3v) is 10.6. The number of hydrogen-bond donors (Lipinski definition) is 0. The molecule has 0 spiro atoms. The van der Waals surface area contributed by atoms with Crippen LogP contribution in [-0.4, -0.2) is 14.5 Å². The molecule has 10 rings (SSSR count). The highest BCUT2D eigenvalue weighted by atomic mass is 15.2. The molecule has 0 saturated carbocycles. The zero-order valence-electron chi connectivity index (χ0n) is 27.9. The van der Waals surface area contributed by atoms with E-state index < -0.39 is 0 Å². The van der Waals surface area contributed by atoms with Gasteiger partial charge in [0.2, 0.25) is 5.95 Å². The molecular formula is C47H33N3. The molecule has 0 saturated heterocycles. The van der Waals surface area contributed by atoms with E-state index in [0.717, 1.165) is 39.1 Å². The minimum absolute atomic E-state index is 0.101. The van der Waals surface area contributed by atoms with E-state index in [-0.39, 0.29) is 5.41 Å². The van der Waals surface area contributed by atoms with Gasteiger partial charge in [-0.3, -0.25) is 4.57 Å². The molecule has 0 N–H and O–H groups in total. The molecule has 2 aromatic heterocycles. The summed E-state index contributed by atoms with van der Waals surface area (Å²) in [6, 6.07) is 58.7. The van der Waals surface area contributed by atoms with E-state index in [4.69, 9.17) is 9.97 Å². The van der Waals surface area contributed by atoms with Crippen molar-refractivity contribution in [3.05, 3.63) is 175 Å². The van der Waals surface area contributed by atoms with Crippen LogP contribution in [0.4, 0.5) is 0 Å². The van der Waals surface area contributed by atoms with Crippen LogP contribution in [0, 0.1) is 0 Å². The molecule has 0 radical (unpaired) electrons. The average molecular weight is 640 g/mol. The van der Waals surface area contributed by atoms with Crippen molar-refractivity contribution in [3.63, 3.8) is 0 Å². The van der Waals surface area contributed by atoms with Crippen LogP contribution < -0.4 is 0 Å². The van der Waals surface area contributed by atoms with E-state index in [9.17, 15) is 0 Å². The Hall–Kier alpha value is -6.32. The molecule has 0 unspecified atom stereocenters. The standard InChI is InChI=1S/C47H33N3/c1-47(2)39-23-12-11-20-36(39)37-26-24-33(28-40(37)47)35-21-13-22-38-44-34-19-10-9-14-30(34)25-27-43(44)50(45(35)38)46-48-41(31-15-5-3-6-16-31)29-42(49-46)32-17-7-4-8-18-32/h3-29H,1-2H3. The van der Waals surface area contributed by atoms with E-state index in [1.54, 1.807) is 0 Å². The summed E-state index contributed by atoms with van der Waals surface area (Å²) in [7, 11) is 0. The Bertz CT molecular complexity index is 2720. The normalized spacial score (nSPS) is 13.2. The van der Waals surface area contributed by atoms with Gasteiger partial charge in [-0.2, -0.15) is 0 Å². The van der Waals surface area contributed by atoms with Gasteiger partial charge in [0.15, 0.2) is 0 Å². The van der Waals surface area contributed by atoms with Gasteiger partial charge in [-0.05, 0) is 56.8 Å². The highest BCUT2D eigenvalue weighted by Gasteiger charge is 2.35. The number of nitrogens with zero attached hydrogens (tertiary/aromatic N) is 3. The fraction of sp³-hybridized carbons (Fsp3) is 0.0638. The van der Waals surface area contributed by atoms with Gasteiger partial charge in [0.25, 0.3) is 0 Å². The molecule has 0 bridgehead atoms. The van der Waals surface area contributed by atoms with Gasteiger partial charge in [-0.25, -0.2) is 9.97 Å². The third-order valence-electron chi connectivity index (χ3n) is 10.6. The number of aromatic nitrogens is 3. The molecule has 236 valence electrons. The summed E-state index contributed by atoms with van der Waals surface area (Å²) in [5.74, 6) is 0.654. The van der Waals surface area contributed by atoms with E-state index in [1.807, 2.05) is 12.1 Å². The Labute approximate surface area is 291 Å². The van der Waals surface area contributed by atoms with Crippen molar-refractivity contribution in [2.75, 3.05) is 0 Å². The first-order valence-electron chi connectivity index (χ1n) is 17.3. The van der Waals surface area contributed by atoms with Crippen LogP contribution in [-0.2, 0) is 5.41 Å². The van der Waals surface area contributed by atoms with Crippen molar-refractivity contribution in [1.82, 2.24) is 14.5 Å². The molecule has 0 atom stereocenters. The van der Waals surface area contributed by atoms with Crippen LogP contribution in [0.5, 0.6) is 0 Å². The summed E-state index contributed by atoms with van der Waals surface area (Å²) in [6.07, 6.45) is 0. The second kappa shape index (κ2) is 10.8. The molecule has 9 aromatic rings. The Morgan fingerprint density at radius 3 is 1.84 bits per heavy atom. The van der Waals surface area contributed by atoms with Crippen LogP contribution in [0.15, 0.2) is 164 Å². The summed E-state index contributed by atoms with van der Waals surface area (Å²) in [4.78, 5) is 10.7. The zero-order chi connectivity index (χ0) is 33.4. The molecule has 3 nitrogen and oxygen atoms in total. The first-order valence-corrected chi connectivity index (χ1v) is 17.3. The van der Waals surface area contributed by atoms with Crippen LogP contribution in [0.3, 0.4) is 0 Å². The zero-order valence-corrected chi connectivity index (χ0v) is 27.9. The van der Waals surface area contributed by atoms with Gasteiger partial charge in [0.05, 0.1) is 22.4 Å². The molecule has 50 heavy (non-hydrogen) atoms. The molecule has 7 aromatic carbocycles. The van der Waals surface area contributed by atoms with Crippen molar-refractivity contribution < 1.29 is 0 Å². The fourth-order valence-corrected chi connectivity index (χ4v) is 8.20. The fourth-order valence-electron chi connectivity index (χ4n) is 8.20. The summed E-state index contributed by atoms with van der Waals surface area (Å²) in [5.41, 5.74) is 13.7. The van der Waals surface area contributed by atoms with Gasteiger partial charge >= 0.3 is 0 Å². The SMILES string of the molecule is CC1(C)c2ccccc2-c2ccc(-c3cccc4c5c6ccccc6ccc5n(-c5nc(-c6ccccc6)cc(-c6ccccc6)n5)c34)cc21. The molecule has 3 heteroatoms. The first kappa shape index (κ1) is 28.7. The lowest BCUT2D eigenvalue weighted by atomic mass is 9.81. The van der Waals surface area contributed by atoms with Crippen LogP contribution in [0.2, 0.25) is 0 Å². The topological polar surface area (TPSA) is 30.7 Å². The predicted molar refractivity (Wildman–Crippen MR) is 208 cm³/mol. The maximum absolute atomic E-state index is 5.35. The van der Waals surface area contributed by atoms with Gasteiger partial charge in [-0.15, -0.1) is 0 Å². The Morgan fingerprint density at radius 2 is 1.08 bits per heavy atom. The van der Waals surface area contributed by atoms with E-state index >= 15 is 0 Å². The van der Waals surface area contributed by atoms with Crippen molar-refractivity contribution in [3.8, 4) is 50.7 Å². The second-order valence-corrected chi connectivity index (χ2v) is 13.8. The molecular weight excluding hydrogens is 607 g/mol. The molecule has 1 aliphatic carbocycles. The van der Waals surface area contributed by atoms with Crippen molar-refractivity contribution >= 4 is 32.6 Å². The first-order chi connectivity index (χ1) is 24.6. The smallest absolute Gasteiger partial charge is 0.235 e. The number of para-hydroxylation sites is 1. The van der Waals surface area contributed by atoms with Crippen molar-refractivity contribution in [2.24, 2.45) is 0 Å². The lowest BCUT2D eigenvalue weighted by molar-refractivity contribution is 0.660. The Balaban J connectivity index is 1.31. The van der Waals surface area contributed by atoms with Gasteiger partial charge in [0, 0.05) is 32.9 Å². The quantitative estimate of drug-likeness (QED) is 0.192. The minimum atomic E-state index is -0.101. The Kier molecular flexibility index (Phi) is 6.22. The number of fused-ring (bicyclic) bond motifs is 8. The van der Waals surface area contributed by atoms with Crippen LogP contribution >= 0.6 is 0 Å². The number of benzene rings is 7. The minimum Gasteiger partial charge on any atom is -0.277 e. The van der Waals surface area contributed by atoms with E-state index in [1.165, 1.54) is 49.4 Å². The van der Waals surface area contributed by atoms with Gasteiger partial charge in [0.1, 0.15) is 0 Å². The highest BCUT2D eigenvalue weighted by Crippen LogP contribution is 2.50. The van der Waals surface area contributed by atoms with Crippen molar-refractivity contribution in [1.29, 1.82) is 0 Å². The summed E-state index contributed by atoms with van der Waals surface area (Å²) >= 11 is 0. The maximum atomic E-state index is 5.35. The van der Waals surface area contributed by atoms with Crippen LogP contribution in [0.1, 0.15) is 25.0 Å².